The second-order valence-electron chi connectivity index (χ2n) is 3.74. The Morgan fingerprint density at radius 2 is 2.27 bits per heavy atom. The van der Waals surface area contributed by atoms with Crippen molar-refractivity contribution in [1.29, 1.82) is 0 Å². The van der Waals surface area contributed by atoms with Crippen LogP contribution in [0.4, 0.5) is 10.1 Å². The molecule has 15 heavy (non-hydrogen) atoms. The van der Waals surface area contributed by atoms with E-state index in [0.29, 0.717) is 18.7 Å². The molecule has 1 aliphatic rings. The van der Waals surface area contributed by atoms with Crippen LogP contribution in [0.1, 0.15) is 12.0 Å². The molecule has 0 N–H and O–H groups in total. The number of amides is 1. The van der Waals surface area contributed by atoms with Crippen molar-refractivity contribution < 1.29 is 9.18 Å². The van der Waals surface area contributed by atoms with Gasteiger partial charge in [0.15, 0.2) is 0 Å². The second kappa shape index (κ2) is 3.81. The van der Waals surface area contributed by atoms with Crippen LogP contribution in [0.15, 0.2) is 18.2 Å². The highest BCUT2D eigenvalue weighted by molar-refractivity contribution is 6.24. The summed E-state index contributed by atoms with van der Waals surface area (Å²) in [6, 6.07) is 4.43. The van der Waals surface area contributed by atoms with E-state index in [1.165, 1.54) is 12.1 Å². The summed E-state index contributed by atoms with van der Waals surface area (Å²) in [7, 11) is 0. The van der Waals surface area contributed by atoms with Gasteiger partial charge < -0.3 is 4.90 Å². The normalized spacial score (nSPS) is 21.1. The van der Waals surface area contributed by atoms with E-state index < -0.39 is 0 Å². The largest absolute Gasteiger partial charge is 0.311 e. The average molecular weight is 228 g/mol. The van der Waals surface area contributed by atoms with Gasteiger partial charge in [-0.1, -0.05) is 6.07 Å². The molecule has 0 aliphatic carbocycles. The molecule has 2 nitrogen and oxygen atoms in total. The van der Waals surface area contributed by atoms with Crippen molar-refractivity contribution in [2.24, 2.45) is 0 Å². The molecule has 0 bridgehead atoms. The van der Waals surface area contributed by atoms with Crippen LogP contribution in [0, 0.1) is 12.7 Å². The minimum atomic E-state index is -0.332. The fourth-order valence-corrected chi connectivity index (χ4v) is 2.04. The van der Waals surface area contributed by atoms with Crippen LogP contribution in [-0.4, -0.2) is 17.8 Å². The van der Waals surface area contributed by atoms with Gasteiger partial charge in [-0.05, 0) is 24.6 Å². The maximum Gasteiger partial charge on any atom is 0.228 e. The van der Waals surface area contributed by atoms with Crippen LogP contribution < -0.4 is 4.90 Å². The molecule has 1 amide bonds. The lowest BCUT2D eigenvalue weighted by atomic mass is 10.2. The Morgan fingerprint density at radius 1 is 1.53 bits per heavy atom. The molecule has 1 aromatic carbocycles. The molecule has 80 valence electrons. The topological polar surface area (TPSA) is 20.3 Å². The third-order valence-corrected chi connectivity index (χ3v) is 2.83. The average Bonchev–Trinajstić information content (AvgIpc) is 2.50. The van der Waals surface area contributed by atoms with Crippen molar-refractivity contribution in [2.75, 3.05) is 11.4 Å². The van der Waals surface area contributed by atoms with E-state index in [4.69, 9.17) is 11.6 Å². The van der Waals surface area contributed by atoms with E-state index in [-0.39, 0.29) is 17.1 Å². The number of carbonyl (C=O) groups is 1. The minimum Gasteiger partial charge on any atom is -0.311 e. The highest BCUT2D eigenvalue weighted by Gasteiger charge is 2.29. The third-order valence-electron chi connectivity index (χ3n) is 2.54. The van der Waals surface area contributed by atoms with Gasteiger partial charge in [0, 0.05) is 18.7 Å². The number of benzene rings is 1. The van der Waals surface area contributed by atoms with E-state index in [1.54, 1.807) is 11.0 Å². The summed E-state index contributed by atoms with van der Waals surface area (Å²) in [5.41, 5.74) is 1.51. The lowest BCUT2D eigenvalue weighted by molar-refractivity contribution is -0.117. The van der Waals surface area contributed by atoms with E-state index in [9.17, 15) is 9.18 Å². The Morgan fingerprint density at radius 3 is 2.87 bits per heavy atom. The number of aryl methyl sites for hydroxylation is 1. The Hall–Kier alpha value is -1.09. The second-order valence-corrected chi connectivity index (χ2v) is 4.35. The smallest absolute Gasteiger partial charge is 0.228 e. The predicted octanol–water partition coefficient (Wildman–Crippen LogP) is 2.48. The van der Waals surface area contributed by atoms with Gasteiger partial charge in [-0.2, -0.15) is 0 Å². The highest BCUT2D eigenvalue weighted by Crippen LogP contribution is 2.27. The van der Waals surface area contributed by atoms with Crippen LogP contribution in [-0.2, 0) is 4.79 Å². The molecular weight excluding hydrogens is 217 g/mol. The van der Waals surface area contributed by atoms with Crippen molar-refractivity contribution in [3.8, 4) is 0 Å². The first-order valence-electron chi connectivity index (χ1n) is 4.78. The van der Waals surface area contributed by atoms with Gasteiger partial charge in [-0.25, -0.2) is 4.39 Å². The molecule has 1 fully saturated rings. The van der Waals surface area contributed by atoms with Crippen molar-refractivity contribution in [2.45, 2.75) is 18.7 Å². The van der Waals surface area contributed by atoms with Crippen molar-refractivity contribution in [3.63, 3.8) is 0 Å². The molecule has 1 saturated heterocycles. The van der Waals surface area contributed by atoms with Crippen molar-refractivity contribution >= 4 is 23.2 Å². The zero-order chi connectivity index (χ0) is 11.0. The zero-order valence-corrected chi connectivity index (χ0v) is 9.09. The molecular formula is C11H11ClFNO. The summed E-state index contributed by atoms with van der Waals surface area (Å²) in [6.45, 7) is 2.31. The van der Waals surface area contributed by atoms with Gasteiger partial charge in [0.25, 0.3) is 0 Å². The van der Waals surface area contributed by atoms with Crippen LogP contribution >= 0.6 is 11.6 Å². The molecule has 1 atom stereocenters. The van der Waals surface area contributed by atoms with E-state index in [0.717, 1.165) is 5.56 Å². The first-order chi connectivity index (χ1) is 7.08. The fourth-order valence-electron chi connectivity index (χ4n) is 1.77. The van der Waals surface area contributed by atoms with Crippen molar-refractivity contribution in [3.05, 3.63) is 29.6 Å². The molecule has 0 radical (unpaired) electrons. The Balaban J connectivity index is 2.37. The Labute approximate surface area is 92.6 Å². The number of hydrogen-bond donors (Lipinski definition) is 0. The number of nitrogens with zero attached hydrogens (tertiary/aromatic N) is 1. The number of anilines is 1. The maximum absolute atomic E-state index is 13.1. The number of alkyl halides is 1. The summed E-state index contributed by atoms with van der Waals surface area (Å²) < 4.78 is 13.1. The molecule has 1 aromatic rings. The van der Waals surface area contributed by atoms with Gasteiger partial charge in [-0.3, -0.25) is 4.79 Å². The monoisotopic (exact) mass is 227 g/mol. The SMILES string of the molecule is Cc1ccc(F)cc1N1CC(Cl)CC1=O. The maximum atomic E-state index is 13.1. The number of rotatable bonds is 1. The van der Waals surface area contributed by atoms with Crippen molar-refractivity contribution in [1.82, 2.24) is 0 Å². The van der Waals surface area contributed by atoms with Gasteiger partial charge in [0.05, 0.1) is 5.38 Å². The van der Waals surface area contributed by atoms with Gasteiger partial charge in [0.1, 0.15) is 5.82 Å². The molecule has 1 unspecified atom stereocenters. The van der Waals surface area contributed by atoms with Gasteiger partial charge in [0.2, 0.25) is 5.91 Å². The molecule has 0 saturated carbocycles. The number of hydrogen-bond acceptors (Lipinski definition) is 1. The standard InChI is InChI=1S/C11H11ClFNO/c1-7-2-3-9(13)5-10(7)14-6-8(12)4-11(14)15/h2-3,5,8H,4,6H2,1H3. The van der Waals surface area contributed by atoms with Crippen LogP contribution in [0.25, 0.3) is 0 Å². The molecule has 2 rings (SSSR count). The minimum absolute atomic E-state index is 0.0382. The highest BCUT2D eigenvalue weighted by atomic mass is 35.5. The quantitative estimate of drug-likeness (QED) is 0.675. The lowest BCUT2D eigenvalue weighted by Crippen LogP contribution is -2.25. The summed E-state index contributed by atoms with van der Waals surface area (Å²) in [5, 5.41) is -0.167. The first-order valence-corrected chi connectivity index (χ1v) is 5.22. The summed E-state index contributed by atoms with van der Waals surface area (Å²) in [6.07, 6.45) is 0.331. The lowest BCUT2D eigenvalue weighted by Gasteiger charge is -2.18. The van der Waals surface area contributed by atoms with E-state index in [2.05, 4.69) is 0 Å². The van der Waals surface area contributed by atoms with E-state index in [1.807, 2.05) is 6.92 Å². The Bertz CT molecular complexity index is 408. The first kappa shape index (κ1) is 10.4. The zero-order valence-electron chi connectivity index (χ0n) is 8.34. The molecule has 0 spiro atoms. The van der Waals surface area contributed by atoms with Gasteiger partial charge >= 0.3 is 0 Å². The fraction of sp³-hybridized carbons (Fsp3) is 0.364. The third kappa shape index (κ3) is 1.97. The van der Waals surface area contributed by atoms with Gasteiger partial charge in [-0.15, -0.1) is 11.6 Å². The summed E-state index contributed by atoms with van der Waals surface area (Å²) >= 11 is 5.89. The Kier molecular flexibility index (Phi) is 2.65. The number of carbonyl (C=O) groups excluding carboxylic acids is 1. The summed E-state index contributed by atoms with van der Waals surface area (Å²) in [4.78, 5) is 13.1. The molecule has 1 aliphatic heterocycles. The van der Waals surface area contributed by atoms with E-state index >= 15 is 0 Å². The molecule has 4 heteroatoms. The number of halogens is 2. The molecule has 0 aromatic heterocycles. The molecule has 1 heterocycles. The van der Waals surface area contributed by atoms with Crippen LogP contribution in [0.3, 0.4) is 0 Å². The van der Waals surface area contributed by atoms with Crippen LogP contribution in [0.2, 0.25) is 0 Å². The summed E-state index contributed by atoms with van der Waals surface area (Å²) in [5.74, 6) is -0.370. The van der Waals surface area contributed by atoms with Crippen LogP contribution in [0.5, 0.6) is 0 Å². The predicted molar refractivity (Wildman–Crippen MR) is 57.7 cm³/mol.